The highest BCUT2D eigenvalue weighted by Gasteiger charge is 2.08. The molecule has 1 heterocycles. The van der Waals surface area contributed by atoms with E-state index in [1.54, 1.807) is 11.3 Å². The summed E-state index contributed by atoms with van der Waals surface area (Å²) in [7, 11) is 0. The van der Waals surface area contributed by atoms with Gasteiger partial charge in [0.15, 0.2) is 0 Å². The number of aryl methyl sites for hydroxylation is 1. The molecule has 0 unspecified atom stereocenters. The average Bonchev–Trinajstić information content (AvgIpc) is 2.84. The quantitative estimate of drug-likeness (QED) is 0.812. The van der Waals surface area contributed by atoms with Crippen LogP contribution in [0.4, 0.5) is 0 Å². The largest absolute Gasteiger partial charge is 0.316 e. The molecule has 0 radical (unpaired) electrons. The van der Waals surface area contributed by atoms with E-state index < -0.39 is 0 Å². The third-order valence-corrected chi connectivity index (χ3v) is 3.80. The minimum Gasteiger partial charge on any atom is -0.316 e. The topological polar surface area (TPSA) is 37.8 Å². The molecule has 0 fully saturated rings. The number of nitrogens with zero attached hydrogens (tertiary/aromatic N) is 2. The summed E-state index contributed by atoms with van der Waals surface area (Å²) in [5, 5.41) is 14.1. The predicted octanol–water partition coefficient (Wildman–Crippen LogP) is 3.06. The zero-order valence-corrected chi connectivity index (χ0v) is 11.8. The molecule has 1 aromatic carbocycles. The predicted molar refractivity (Wildman–Crippen MR) is 76.9 cm³/mol. The highest BCUT2D eigenvalue weighted by atomic mass is 32.1. The van der Waals surface area contributed by atoms with Gasteiger partial charge in [-0.2, -0.15) is 0 Å². The maximum absolute atomic E-state index is 4.29. The van der Waals surface area contributed by atoms with Crippen LogP contribution in [0.25, 0.3) is 10.6 Å². The molecule has 2 aromatic rings. The van der Waals surface area contributed by atoms with Gasteiger partial charge in [-0.15, -0.1) is 10.2 Å². The van der Waals surface area contributed by atoms with Gasteiger partial charge in [0, 0.05) is 18.5 Å². The van der Waals surface area contributed by atoms with Gasteiger partial charge in [0.2, 0.25) is 0 Å². The highest BCUT2D eigenvalue weighted by Crippen LogP contribution is 2.26. The molecule has 1 aromatic heterocycles. The van der Waals surface area contributed by atoms with E-state index in [4.69, 9.17) is 0 Å². The number of aromatic nitrogens is 2. The summed E-state index contributed by atoms with van der Waals surface area (Å²) >= 11 is 1.70. The Bertz CT molecular complexity index is 493. The molecule has 0 aliphatic carbocycles. The van der Waals surface area contributed by atoms with Crippen molar-refractivity contribution in [3.8, 4) is 10.6 Å². The van der Waals surface area contributed by atoms with Gasteiger partial charge in [-0.3, -0.25) is 0 Å². The van der Waals surface area contributed by atoms with Crippen LogP contribution in [0, 0.1) is 6.92 Å². The van der Waals surface area contributed by atoms with Crippen LogP contribution >= 0.6 is 11.3 Å². The summed E-state index contributed by atoms with van der Waals surface area (Å²) < 4.78 is 0. The number of benzene rings is 1. The molecule has 0 aliphatic heterocycles. The second-order valence-corrected chi connectivity index (χ2v) is 5.38. The van der Waals surface area contributed by atoms with Gasteiger partial charge >= 0.3 is 0 Å². The zero-order valence-electron chi connectivity index (χ0n) is 10.9. The van der Waals surface area contributed by atoms with Crippen LogP contribution in [-0.2, 0) is 6.42 Å². The lowest BCUT2D eigenvalue weighted by atomic mass is 10.1. The van der Waals surface area contributed by atoms with Crippen LogP contribution in [0.3, 0.4) is 0 Å². The second-order valence-electron chi connectivity index (χ2n) is 4.32. The fourth-order valence-corrected chi connectivity index (χ4v) is 2.70. The first-order valence-electron chi connectivity index (χ1n) is 6.40. The fourth-order valence-electron chi connectivity index (χ4n) is 1.77. The van der Waals surface area contributed by atoms with Gasteiger partial charge in [0.05, 0.1) is 0 Å². The summed E-state index contributed by atoms with van der Waals surface area (Å²) in [6.45, 7) is 6.34. The van der Waals surface area contributed by atoms with E-state index in [0.29, 0.717) is 0 Å². The van der Waals surface area contributed by atoms with E-state index >= 15 is 0 Å². The molecule has 0 spiro atoms. The van der Waals surface area contributed by atoms with Gasteiger partial charge in [-0.05, 0) is 25.5 Å². The Kier molecular flexibility index (Phi) is 4.84. The fraction of sp³-hybridized carbons (Fsp3) is 0.429. The molecule has 0 atom stereocenters. The van der Waals surface area contributed by atoms with Gasteiger partial charge in [0.1, 0.15) is 10.0 Å². The Morgan fingerprint density at radius 2 is 2.00 bits per heavy atom. The van der Waals surface area contributed by atoms with E-state index in [2.05, 4.69) is 47.6 Å². The molecule has 0 saturated heterocycles. The molecule has 0 amide bonds. The van der Waals surface area contributed by atoms with Crippen molar-refractivity contribution in [1.29, 1.82) is 0 Å². The van der Waals surface area contributed by atoms with Gasteiger partial charge in [0.25, 0.3) is 0 Å². The van der Waals surface area contributed by atoms with Crippen molar-refractivity contribution in [3.63, 3.8) is 0 Å². The maximum atomic E-state index is 4.29. The summed E-state index contributed by atoms with van der Waals surface area (Å²) in [5.41, 5.74) is 2.45. The third kappa shape index (κ3) is 3.37. The van der Waals surface area contributed by atoms with E-state index in [0.717, 1.165) is 29.5 Å². The minimum absolute atomic E-state index is 0.962. The number of hydrogen-bond donors (Lipinski definition) is 1. The summed E-state index contributed by atoms with van der Waals surface area (Å²) in [5.74, 6) is 0. The number of rotatable bonds is 6. The van der Waals surface area contributed by atoms with Gasteiger partial charge in [-0.25, -0.2) is 0 Å². The maximum Gasteiger partial charge on any atom is 0.148 e. The second kappa shape index (κ2) is 6.61. The molecule has 18 heavy (non-hydrogen) atoms. The molecule has 4 heteroatoms. The standard InChI is InChI=1S/C14H19N3S/c1-3-9-15-10-8-13-16-17-14(18-13)12-7-5-4-6-11(12)2/h4-7,15H,3,8-10H2,1-2H3. The minimum atomic E-state index is 0.962. The Morgan fingerprint density at radius 1 is 1.17 bits per heavy atom. The molecule has 0 aliphatic rings. The molecule has 0 saturated carbocycles. The third-order valence-electron chi connectivity index (χ3n) is 2.78. The van der Waals surface area contributed by atoms with Crippen molar-refractivity contribution >= 4 is 11.3 Å². The van der Waals surface area contributed by atoms with Crippen LogP contribution in [0.15, 0.2) is 24.3 Å². The summed E-state index contributed by atoms with van der Waals surface area (Å²) in [4.78, 5) is 0. The van der Waals surface area contributed by atoms with Crippen molar-refractivity contribution in [2.24, 2.45) is 0 Å². The lowest BCUT2D eigenvalue weighted by molar-refractivity contribution is 0.668. The van der Waals surface area contributed by atoms with E-state index in [-0.39, 0.29) is 0 Å². The Morgan fingerprint density at radius 3 is 2.78 bits per heavy atom. The molecular formula is C14H19N3S. The number of nitrogens with one attached hydrogen (secondary N) is 1. The molecule has 3 nitrogen and oxygen atoms in total. The van der Waals surface area contributed by atoms with Crippen LogP contribution in [0.2, 0.25) is 0 Å². The zero-order chi connectivity index (χ0) is 12.8. The van der Waals surface area contributed by atoms with E-state index in [1.165, 1.54) is 17.5 Å². The van der Waals surface area contributed by atoms with Crippen molar-refractivity contribution in [3.05, 3.63) is 34.8 Å². The molecular weight excluding hydrogens is 242 g/mol. The van der Waals surface area contributed by atoms with E-state index in [1.807, 2.05) is 6.07 Å². The highest BCUT2D eigenvalue weighted by molar-refractivity contribution is 7.14. The summed E-state index contributed by atoms with van der Waals surface area (Å²) in [6, 6.07) is 8.32. The first-order chi connectivity index (χ1) is 8.81. The van der Waals surface area contributed by atoms with Crippen molar-refractivity contribution in [1.82, 2.24) is 15.5 Å². The first-order valence-corrected chi connectivity index (χ1v) is 7.22. The Labute approximate surface area is 112 Å². The molecule has 96 valence electrons. The Hall–Kier alpha value is -1.26. The normalized spacial score (nSPS) is 10.8. The monoisotopic (exact) mass is 261 g/mol. The van der Waals surface area contributed by atoms with Crippen LogP contribution in [0.5, 0.6) is 0 Å². The van der Waals surface area contributed by atoms with Crippen molar-refractivity contribution in [2.75, 3.05) is 13.1 Å². The lowest BCUT2D eigenvalue weighted by Crippen LogP contribution is -2.17. The smallest absolute Gasteiger partial charge is 0.148 e. The van der Waals surface area contributed by atoms with E-state index in [9.17, 15) is 0 Å². The van der Waals surface area contributed by atoms with Crippen molar-refractivity contribution < 1.29 is 0 Å². The first kappa shape index (κ1) is 13.2. The van der Waals surface area contributed by atoms with Crippen LogP contribution in [-0.4, -0.2) is 23.3 Å². The Balaban J connectivity index is 2.00. The molecule has 1 N–H and O–H groups in total. The van der Waals surface area contributed by atoms with Crippen LogP contribution < -0.4 is 5.32 Å². The summed E-state index contributed by atoms with van der Waals surface area (Å²) in [6.07, 6.45) is 2.13. The van der Waals surface area contributed by atoms with Gasteiger partial charge in [-0.1, -0.05) is 42.5 Å². The van der Waals surface area contributed by atoms with Crippen LogP contribution in [0.1, 0.15) is 23.9 Å². The average molecular weight is 261 g/mol. The number of hydrogen-bond acceptors (Lipinski definition) is 4. The SMILES string of the molecule is CCCNCCc1nnc(-c2ccccc2C)s1. The van der Waals surface area contributed by atoms with Crippen molar-refractivity contribution in [2.45, 2.75) is 26.7 Å². The molecule has 2 rings (SSSR count). The lowest BCUT2D eigenvalue weighted by Gasteiger charge is -2.00. The molecule has 0 bridgehead atoms. The van der Waals surface area contributed by atoms with Gasteiger partial charge < -0.3 is 5.32 Å².